The molecule has 0 radical (unpaired) electrons. The molecule has 0 unspecified atom stereocenters. The number of fused-ring (bicyclic) bond motifs is 1. The minimum Gasteiger partial charge on any atom is -0.394 e. The lowest BCUT2D eigenvalue weighted by Crippen LogP contribution is -2.13. The summed E-state index contributed by atoms with van der Waals surface area (Å²) in [6.45, 7) is 0. The van der Waals surface area contributed by atoms with Crippen LogP contribution in [0, 0.1) is 0 Å². The number of hydrogen-bond acceptors (Lipinski definition) is 4. The molecule has 3 aromatic rings. The van der Waals surface area contributed by atoms with Crippen LogP contribution in [-0.4, -0.2) is 25.7 Å². The molecule has 7 nitrogen and oxygen atoms in total. The fraction of sp³-hybridized carbons (Fsp3) is 0. The number of carbonyl (C=O) groups is 1. The number of nitrogen functional groups attached to an aromatic ring is 1. The van der Waals surface area contributed by atoms with Crippen molar-refractivity contribution in [2.75, 3.05) is 11.1 Å². The van der Waals surface area contributed by atoms with Crippen molar-refractivity contribution in [3.05, 3.63) is 42.4 Å². The Balaban J connectivity index is 1.95. The summed E-state index contributed by atoms with van der Waals surface area (Å²) in [7, 11) is 0. The lowest BCUT2D eigenvalue weighted by molar-refractivity contribution is 0.102. The second-order valence-electron chi connectivity index (χ2n) is 3.74. The van der Waals surface area contributed by atoms with Crippen molar-refractivity contribution >= 4 is 22.9 Å². The number of rotatable bonds is 2. The van der Waals surface area contributed by atoms with Crippen molar-refractivity contribution in [2.45, 2.75) is 0 Å². The predicted molar refractivity (Wildman–Crippen MR) is 66.1 cm³/mol. The highest BCUT2D eigenvalue weighted by atomic mass is 16.1. The Morgan fingerprint density at radius 3 is 3.06 bits per heavy atom. The second-order valence-corrected chi connectivity index (χ2v) is 3.74. The van der Waals surface area contributed by atoms with E-state index < -0.39 is 0 Å². The summed E-state index contributed by atoms with van der Waals surface area (Å²) in [5, 5.41) is 13.1. The predicted octanol–water partition coefficient (Wildman–Crippen LogP) is 0.892. The molecule has 3 aromatic heterocycles. The van der Waals surface area contributed by atoms with Gasteiger partial charge in [0.25, 0.3) is 5.91 Å². The number of nitrogens with two attached hydrogens (primary N) is 1. The SMILES string of the molecule is Nc1cn[nH]c1NC(=O)c1cnn2ccccc12. The standard InChI is InChI=1S/C11H10N6O/c12-8-6-13-16-10(8)15-11(18)7-5-14-17-4-2-1-3-9(7)17/h1-6H,12H2,(H2,13,15,16,18). The molecule has 0 aliphatic rings. The monoisotopic (exact) mass is 242 g/mol. The molecule has 0 fully saturated rings. The molecule has 90 valence electrons. The largest absolute Gasteiger partial charge is 0.394 e. The second kappa shape index (κ2) is 3.88. The van der Waals surface area contributed by atoms with Gasteiger partial charge in [0, 0.05) is 6.20 Å². The minimum atomic E-state index is -0.285. The number of aromatic amines is 1. The first kappa shape index (κ1) is 10.3. The molecule has 0 aromatic carbocycles. The third-order valence-corrected chi connectivity index (χ3v) is 2.58. The lowest BCUT2D eigenvalue weighted by atomic mass is 10.2. The quantitative estimate of drug-likeness (QED) is 0.621. The van der Waals surface area contributed by atoms with E-state index in [0.717, 1.165) is 5.52 Å². The Kier molecular flexibility index (Phi) is 2.23. The highest BCUT2D eigenvalue weighted by molar-refractivity contribution is 6.09. The Hall–Kier alpha value is -2.83. The number of hydrogen-bond donors (Lipinski definition) is 3. The first-order valence-electron chi connectivity index (χ1n) is 5.28. The van der Waals surface area contributed by atoms with E-state index in [4.69, 9.17) is 5.73 Å². The molecule has 0 atom stereocenters. The summed E-state index contributed by atoms with van der Waals surface area (Å²) in [6.07, 6.45) is 4.72. The number of carbonyl (C=O) groups excluding carboxylic acids is 1. The van der Waals surface area contributed by atoms with Gasteiger partial charge in [0.2, 0.25) is 0 Å². The molecule has 0 aliphatic heterocycles. The fourth-order valence-corrected chi connectivity index (χ4v) is 1.69. The van der Waals surface area contributed by atoms with Crippen molar-refractivity contribution in [3.63, 3.8) is 0 Å². The van der Waals surface area contributed by atoms with Crippen LogP contribution in [0.15, 0.2) is 36.8 Å². The number of amides is 1. The lowest BCUT2D eigenvalue weighted by Gasteiger charge is -2.01. The van der Waals surface area contributed by atoms with Gasteiger partial charge in [-0.25, -0.2) is 4.52 Å². The molecule has 0 bridgehead atoms. The van der Waals surface area contributed by atoms with Crippen LogP contribution in [0.3, 0.4) is 0 Å². The first-order valence-corrected chi connectivity index (χ1v) is 5.28. The molecule has 7 heteroatoms. The summed E-state index contributed by atoms with van der Waals surface area (Å²) in [5.74, 6) is 0.0995. The number of anilines is 2. The van der Waals surface area contributed by atoms with Crippen LogP contribution in [0.4, 0.5) is 11.5 Å². The number of aromatic nitrogens is 4. The third kappa shape index (κ3) is 1.58. The zero-order valence-corrected chi connectivity index (χ0v) is 9.29. The zero-order valence-electron chi connectivity index (χ0n) is 9.29. The molecule has 0 saturated carbocycles. The maximum atomic E-state index is 12.1. The number of pyridine rings is 1. The fourth-order valence-electron chi connectivity index (χ4n) is 1.69. The van der Waals surface area contributed by atoms with Crippen molar-refractivity contribution in [1.29, 1.82) is 0 Å². The average Bonchev–Trinajstić information content (AvgIpc) is 2.96. The Morgan fingerprint density at radius 1 is 1.39 bits per heavy atom. The number of H-pyrrole nitrogens is 1. The zero-order chi connectivity index (χ0) is 12.5. The van der Waals surface area contributed by atoms with Crippen LogP contribution in [-0.2, 0) is 0 Å². The molecule has 18 heavy (non-hydrogen) atoms. The number of nitrogens with zero attached hydrogens (tertiary/aromatic N) is 3. The summed E-state index contributed by atoms with van der Waals surface area (Å²) in [6, 6.07) is 5.51. The van der Waals surface area contributed by atoms with Gasteiger partial charge in [0.15, 0.2) is 5.82 Å². The van der Waals surface area contributed by atoms with Gasteiger partial charge in [-0.05, 0) is 12.1 Å². The van der Waals surface area contributed by atoms with Crippen LogP contribution in [0.5, 0.6) is 0 Å². The van der Waals surface area contributed by atoms with E-state index in [1.54, 1.807) is 10.7 Å². The Morgan fingerprint density at radius 2 is 2.28 bits per heavy atom. The van der Waals surface area contributed by atoms with Crippen molar-refractivity contribution in [3.8, 4) is 0 Å². The van der Waals surface area contributed by atoms with E-state index in [9.17, 15) is 4.79 Å². The molecule has 0 saturated heterocycles. The Labute approximate surface area is 102 Å². The van der Waals surface area contributed by atoms with Crippen LogP contribution < -0.4 is 11.1 Å². The normalized spacial score (nSPS) is 10.7. The van der Waals surface area contributed by atoms with E-state index in [2.05, 4.69) is 20.6 Å². The average molecular weight is 242 g/mol. The van der Waals surface area contributed by atoms with E-state index in [1.807, 2.05) is 18.2 Å². The van der Waals surface area contributed by atoms with Gasteiger partial charge in [-0.15, -0.1) is 0 Å². The van der Waals surface area contributed by atoms with Crippen LogP contribution >= 0.6 is 0 Å². The van der Waals surface area contributed by atoms with Gasteiger partial charge in [0.05, 0.1) is 29.2 Å². The van der Waals surface area contributed by atoms with Gasteiger partial charge >= 0.3 is 0 Å². The van der Waals surface area contributed by atoms with Crippen LogP contribution in [0.2, 0.25) is 0 Å². The maximum Gasteiger partial charge on any atom is 0.260 e. The van der Waals surface area contributed by atoms with Gasteiger partial charge in [-0.3, -0.25) is 9.89 Å². The van der Waals surface area contributed by atoms with Crippen molar-refractivity contribution in [1.82, 2.24) is 19.8 Å². The highest BCUT2D eigenvalue weighted by Gasteiger charge is 2.14. The highest BCUT2D eigenvalue weighted by Crippen LogP contribution is 2.16. The van der Waals surface area contributed by atoms with E-state index in [1.165, 1.54) is 12.4 Å². The van der Waals surface area contributed by atoms with Gasteiger partial charge in [0.1, 0.15) is 0 Å². The van der Waals surface area contributed by atoms with Gasteiger partial charge < -0.3 is 11.1 Å². The van der Waals surface area contributed by atoms with E-state index >= 15 is 0 Å². The maximum absolute atomic E-state index is 12.1. The molecule has 3 rings (SSSR count). The minimum absolute atomic E-state index is 0.285. The summed E-state index contributed by atoms with van der Waals surface area (Å²) in [4.78, 5) is 12.1. The molecule has 1 amide bonds. The molecular formula is C11H10N6O. The van der Waals surface area contributed by atoms with Crippen LogP contribution in [0.1, 0.15) is 10.4 Å². The molecular weight excluding hydrogens is 232 g/mol. The summed E-state index contributed by atoms with van der Waals surface area (Å²) >= 11 is 0. The van der Waals surface area contributed by atoms with E-state index in [0.29, 0.717) is 17.1 Å². The third-order valence-electron chi connectivity index (χ3n) is 2.58. The molecule has 4 N–H and O–H groups in total. The van der Waals surface area contributed by atoms with Gasteiger partial charge in [-0.2, -0.15) is 10.2 Å². The van der Waals surface area contributed by atoms with Crippen molar-refractivity contribution < 1.29 is 4.79 Å². The Bertz CT molecular complexity index is 713. The smallest absolute Gasteiger partial charge is 0.260 e. The van der Waals surface area contributed by atoms with Gasteiger partial charge in [-0.1, -0.05) is 6.07 Å². The van der Waals surface area contributed by atoms with E-state index in [-0.39, 0.29) is 5.91 Å². The number of nitrogens with one attached hydrogen (secondary N) is 2. The van der Waals surface area contributed by atoms with Crippen molar-refractivity contribution in [2.24, 2.45) is 0 Å². The summed E-state index contributed by atoms with van der Waals surface area (Å²) < 4.78 is 1.63. The topological polar surface area (TPSA) is 101 Å². The molecule has 0 aliphatic carbocycles. The molecule has 0 spiro atoms. The molecule has 3 heterocycles. The van der Waals surface area contributed by atoms with Crippen LogP contribution in [0.25, 0.3) is 5.52 Å². The first-order chi connectivity index (χ1) is 8.75. The summed E-state index contributed by atoms with van der Waals surface area (Å²) in [5.41, 5.74) is 7.22.